The van der Waals surface area contributed by atoms with E-state index in [1.54, 1.807) is 6.07 Å². The number of hydrogen-bond acceptors (Lipinski definition) is 2. The monoisotopic (exact) mass is 283 g/mol. The molecule has 2 aliphatic carbocycles. The molecule has 1 amide bonds. The third kappa shape index (κ3) is 2.57. The SMILES string of the molecule is O=C(NCC1CCC2(CC1)CC2)c1sccc1Cl. The first kappa shape index (κ1) is 12.5. The second kappa shape index (κ2) is 4.86. The lowest BCUT2D eigenvalue weighted by Crippen LogP contribution is -2.31. The molecule has 1 aromatic heterocycles. The number of halogens is 1. The molecular formula is C14H18ClNOS. The van der Waals surface area contributed by atoms with Gasteiger partial charge in [-0.2, -0.15) is 0 Å². The minimum atomic E-state index is -0.0123. The zero-order chi connectivity index (χ0) is 12.6. The third-order valence-corrected chi connectivity index (χ3v) is 5.84. The van der Waals surface area contributed by atoms with E-state index in [0.717, 1.165) is 12.0 Å². The number of thiophene rings is 1. The number of rotatable bonds is 3. The standard InChI is InChI=1S/C14H18ClNOS/c15-11-3-8-18-12(11)13(17)16-9-10-1-4-14(5-2-10)6-7-14/h3,8,10H,1-2,4-7,9H2,(H,16,17). The summed E-state index contributed by atoms with van der Waals surface area (Å²) in [7, 11) is 0. The van der Waals surface area contributed by atoms with Crippen LogP contribution in [0, 0.1) is 11.3 Å². The number of amides is 1. The van der Waals surface area contributed by atoms with Crippen molar-refractivity contribution in [2.45, 2.75) is 38.5 Å². The Bertz CT molecular complexity index is 442. The molecule has 18 heavy (non-hydrogen) atoms. The van der Waals surface area contributed by atoms with Gasteiger partial charge >= 0.3 is 0 Å². The Morgan fingerprint density at radius 3 is 2.67 bits per heavy atom. The van der Waals surface area contributed by atoms with Crippen LogP contribution in [0.3, 0.4) is 0 Å². The summed E-state index contributed by atoms with van der Waals surface area (Å²) in [6, 6.07) is 1.78. The number of carbonyl (C=O) groups excluding carboxylic acids is 1. The minimum Gasteiger partial charge on any atom is -0.351 e. The van der Waals surface area contributed by atoms with Gasteiger partial charge in [0.05, 0.1) is 5.02 Å². The first-order chi connectivity index (χ1) is 8.69. The van der Waals surface area contributed by atoms with Crippen molar-refractivity contribution in [3.63, 3.8) is 0 Å². The van der Waals surface area contributed by atoms with Crippen LogP contribution in [0.4, 0.5) is 0 Å². The summed E-state index contributed by atoms with van der Waals surface area (Å²) in [5, 5.41) is 5.45. The van der Waals surface area contributed by atoms with Crippen LogP contribution >= 0.6 is 22.9 Å². The van der Waals surface area contributed by atoms with Crippen LogP contribution in [0.2, 0.25) is 5.02 Å². The van der Waals surface area contributed by atoms with Crippen molar-refractivity contribution in [1.29, 1.82) is 0 Å². The molecule has 0 radical (unpaired) electrons. The largest absolute Gasteiger partial charge is 0.351 e. The molecule has 0 bridgehead atoms. The summed E-state index contributed by atoms with van der Waals surface area (Å²) in [5.41, 5.74) is 0.734. The average Bonchev–Trinajstić information content (AvgIpc) is 2.99. The van der Waals surface area contributed by atoms with Crippen LogP contribution in [-0.4, -0.2) is 12.5 Å². The highest BCUT2D eigenvalue weighted by molar-refractivity contribution is 7.12. The normalized spacial score (nSPS) is 22.1. The molecule has 98 valence electrons. The molecule has 3 rings (SSSR count). The van der Waals surface area contributed by atoms with Gasteiger partial charge in [-0.15, -0.1) is 11.3 Å². The van der Waals surface area contributed by atoms with Gasteiger partial charge in [-0.25, -0.2) is 0 Å². The Morgan fingerprint density at radius 2 is 2.11 bits per heavy atom. The fourth-order valence-electron chi connectivity index (χ4n) is 2.94. The van der Waals surface area contributed by atoms with E-state index in [4.69, 9.17) is 11.6 Å². The van der Waals surface area contributed by atoms with Gasteiger partial charge in [0.25, 0.3) is 5.91 Å². The Hall–Kier alpha value is -0.540. The number of nitrogens with one attached hydrogen (secondary N) is 1. The van der Waals surface area contributed by atoms with Gasteiger partial charge in [0.1, 0.15) is 4.88 Å². The molecule has 1 N–H and O–H groups in total. The highest BCUT2D eigenvalue weighted by Gasteiger charge is 2.44. The Balaban J connectivity index is 1.47. The van der Waals surface area contributed by atoms with E-state index in [-0.39, 0.29) is 5.91 Å². The summed E-state index contributed by atoms with van der Waals surface area (Å²) in [4.78, 5) is 12.6. The second-order valence-corrected chi connectivity index (χ2v) is 7.07. The molecule has 0 unspecified atom stereocenters. The maximum Gasteiger partial charge on any atom is 0.262 e. The summed E-state index contributed by atoms with van der Waals surface area (Å²) < 4.78 is 0. The highest BCUT2D eigenvalue weighted by atomic mass is 35.5. The molecule has 4 heteroatoms. The zero-order valence-corrected chi connectivity index (χ0v) is 11.9. The minimum absolute atomic E-state index is 0.0123. The maximum absolute atomic E-state index is 11.9. The summed E-state index contributed by atoms with van der Waals surface area (Å²) in [6.45, 7) is 0.809. The van der Waals surface area contributed by atoms with Gasteiger partial charge in [0, 0.05) is 6.54 Å². The topological polar surface area (TPSA) is 29.1 Å². The van der Waals surface area contributed by atoms with Gasteiger partial charge in [-0.05, 0) is 61.3 Å². The Kier molecular flexibility index (Phi) is 3.37. The van der Waals surface area contributed by atoms with Crippen molar-refractivity contribution in [1.82, 2.24) is 5.32 Å². The van der Waals surface area contributed by atoms with Crippen LogP contribution in [0.1, 0.15) is 48.2 Å². The van der Waals surface area contributed by atoms with E-state index in [1.807, 2.05) is 5.38 Å². The average molecular weight is 284 g/mol. The molecule has 0 atom stereocenters. The van der Waals surface area contributed by atoms with E-state index in [1.165, 1.54) is 49.9 Å². The van der Waals surface area contributed by atoms with Gasteiger partial charge in [-0.1, -0.05) is 11.6 Å². The zero-order valence-electron chi connectivity index (χ0n) is 10.4. The van der Waals surface area contributed by atoms with Crippen LogP contribution in [0.25, 0.3) is 0 Å². The highest BCUT2D eigenvalue weighted by Crippen LogP contribution is 2.57. The van der Waals surface area contributed by atoms with Crippen molar-refractivity contribution in [2.75, 3.05) is 6.54 Å². The van der Waals surface area contributed by atoms with Gasteiger partial charge in [-0.3, -0.25) is 4.79 Å². The maximum atomic E-state index is 11.9. The smallest absolute Gasteiger partial charge is 0.262 e. The summed E-state index contributed by atoms with van der Waals surface area (Å²) >= 11 is 7.36. The van der Waals surface area contributed by atoms with Crippen LogP contribution < -0.4 is 5.32 Å². The van der Waals surface area contributed by atoms with Gasteiger partial charge < -0.3 is 5.32 Å². The van der Waals surface area contributed by atoms with Gasteiger partial charge in [0.2, 0.25) is 0 Å². The summed E-state index contributed by atoms with van der Waals surface area (Å²) in [5.74, 6) is 0.653. The second-order valence-electron chi connectivity index (χ2n) is 5.75. The first-order valence-electron chi connectivity index (χ1n) is 6.70. The summed E-state index contributed by atoms with van der Waals surface area (Å²) in [6.07, 6.45) is 8.17. The van der Waals surface area contributed by atoms with Crippen molar-refractivity contribution >= 4 is 28.8 Å². The third-order valence-electron chi connectivity index (χ3n) is 4.50. The van der Waals surface area contributed by atoms with Crippen molar-refractivity contribution in [3.05, 3.63) is 21.3 Å². The molecule has 0 saturated heterocycles. The predicted molar refractivity (Wildman–Crippen MR) is 75.3 cm³/mol. The Labute approximate surface area is 117 Å². The lowest BCUT2D eigenvalue weighted by Gasteiger charge is -2.28. The van der Waals surface area contributed by atoms with E-state index >= 15 is 0 Å². The molecule has 2 saturated carbocycles. The molecular weight excluding hydrogens is 266 g/mol. The fraction of sp³-hybridized carbons (Fsp3) is 0.643. The predicted octanol–water partition coefficient (Wildman–Crippen LogP) is 4.10. The van der Waals surface area contributed by atoms with Crippen molar-refractivity contribution in [3.8, 4) is 0 Å². The molecule has 1 heterocycles. The van der Waals surface area contributed by atoms with Crippen LogP contribution in [0.5, 0.6) is 0 Å². The molecule has 1 aromatic rings. The molecule has 0 aromatic carbocycles. The van der Waals surface area contributed by atoms with E-state index < -0.39 is 0 Å². The number of hydrogen-bond donors (Lipinski definition) is 1. The van der Waals surface area contributed by atoms with Crippen LogP contribution in [-0.2, 0) is 0 Å². The molecule has 0 aliphatic heterocycles. The van der Waals surface area contributed by atoms with Gasteiger partial charge in [0.15, 0.2) is 0 Å². The quantitative estimate of drug-likeness (QED) is 0.889. The molecule has 1 spiro atoms. The first-order valence-corrected chi connectivity index (χ1v) is 7.96. The molecule has 2 nitrogen and oxygen atoms in total. The van der Waals surface area contributed by atoms with Crippen molar-refractivity contribution in [2.24, 2.45) is 11.3 Å². The van der Waals surface area contributed by atoms with Crippen LogP contribution in [0.15, 0.2) is 11.4 Å². The van der Waals surface area contributed by atoms with E-state index in [9.17, 15) is 4.79 Å². The molecule has 2 fully saturated rings. The van der Waals surface area contributed by atoms with Crippen molar-refractivity contribution < 1.29 is 4.79 Å². The fourth-order valence-corrected chi connectivity index (χ4v) is 4.00. The number of carbonyl (C=O) groups is 1. The Morgan fingerprint density at radius 1 is 1.39 bits per heavy atom. The van der Waals surface area contributed by atoms with E-state index in [0.29, 0.717) is 15.8 Å². The lowest BCUT2D eigenvalue weighted by molar-refractivity contribution is 0.0945. The lowest BCUT2D eigenvalue weighted by atomic mass is 9.80. The molecule has 2 aliphatic rings. The van der Waals surface area contributed by atoms with E-state index in [2.05, 4.69) is 5.32 Å².